The molecule has 0 N–H and O–H groups in total. The molecule has 23 heavy (non-hydrogen) atoms. The molecular weight excluding hydrogens is 292 g/mol. The zero-order valence-electron chi connectivity index (χ0n) is 13.2. The minimum absolute atomic E-state index is 0.0166. The maximum Gasteiger partial charge on any atom is 0.258 e. The van der Waals surface area contributed by atoms with Gasteiger partial charge in [-0.05, 0) is 31.2 Å². The van der Waals surface area contributed by atoms with Gasteiger partial charge in [0.2, 0.25) is 0 Å². The summed E-state index contributed by atoms with van der Waals surface area (Å²) in [7, 11) is 1.58. The van der Waals surface area contributed by atoms with Crippen LogP contribution in [-0.4, -0.2) is 31.0 Å². The molecule has 1 amide bonds. The second-order valence-electron chi connectivity index (χ2n) is 4.80. The summed E-state index contributed by atoms with van der Waals surface area (Å²) in [6.45, 7) is 2.43. The third-order valence-corrected chi connectivity index (χ3v) is 3.14. The molecule has 0 saturated heterocycles. The third kappa shape index (κ3) is 4.01. The van der Waals surface area contributed by atoms with Gasteiger partial charge < -0.3 is 14.4 Å². The third-order valence-electron chi connectivity index (χ3n) is 3.14. The molecule has 0 bridgehead atoms. The summed E-state index contributed by atoms with van der Waals surface area (Å²) in [4.78, 5) is 13.8. The average molecular weight is 310 g/mol. The van der Waals surface area contributed by atoms with Gasteiger partial charge in [-0.25, -0.2) is 0 Å². The quantitative estimate of drug-likeness (QED) is 0.766. The largest absolute Gasteiger partial charge is 0.490 e. The second-order valence-corrected chi connectivity index (χ2v) is 4.80. The van der Waals surface area contributed by atoms with Crippen LogP contribution in [0.5, 0.6) is 17.2 Å². The molecule has 2 aromatic carbocycles. The van der Waals surface area contributed by atoms with Crippen LogP contribution >= 0.6 is 0 Å². The monoisotopic (exact) mass is 310 g/mol. The zero-order valence-corrected chi connectivity index (χ0v) is 13.2. The molecule has 0 aliphatic carbocycles. The molecule has 0 aromatic heterocycles. The first-order chi connectivity index (χ1) is 11.2. The highest BCUT2D eigenvalue weighted by molar-refractivity contribution is 5.97. The smallest absolute Gasteiger partial charge is 0.258 e. The standard InChI is InChI=1S/C18H18N2O3/c1-3-22-16-10-6-7-11-17(16)23-15-9-5-4-8-14(15)18(21)20(2)13-12-19/h4-11H,3,13H2,1-2H3. The number of amides is 1. The molecule has 0 aliphatic heterocycles. The first kappa shape index (κ1) is 16.4. The molecular formula is C18H18N2O3. The first-order valence-electron chi connectivity index (χ1n) is 7.28. The van der Waals surface area contributed by atoms with E-state index in [1.54, 1.807) is 37.4 Å². The fourth-order valence-corrected chi connectivity index (χ4v) is 2.04. The van der Waals surface area contributed by atoms with Crippen LogP contribution in [0, 0.1) is 11.3 Å². The van der Waals surface area contributed by atoms with Crippen LogP contribution in [-0.2, 0) is 0 Å². The molecule has 5 nitrogen and oxygen atoms in total. The number of carbonyl (C=O) groups is 1. The lowest BCUT2D eigenvalue weighted by molar-refractivity contribution is 0.0809. The molecule has 0 unspecified atom stereocenters. The predicted molar refractivity (Wildman–Crippen MR) is 86.7 cm³/mol. The number of para-hydroxylation sites is 3. The van der Waals surface area contributed by atoms with Gasteiger partial charge in [0.1, 0.15) is 12.3 Å². The lowest BCUT2D eigenvalue weighted by atomic mass is 10.1. The molecule has 0 aliphatic rings. The maximum absolute atomic E-state index is 12.4. The Morgan fingerprint density at radius 3 is 2.35 bits per heavy atom. The number of nitriles is 1. The molecule has 0 spiro atoms. The molecule has 2 aromatic rings. The molecule has 0 fully saturated rings. The molecule has 5 heteroatoms. The predicted octanol–water partition coefficient (Wildman–Crippen LogP) is 3.47. The van der Waals surface area contributed by atoms with E-state index in [9.17, 15) is 4.79 Å². The van der Waals surface area contributed by atoms with E-state index in [2.05, 4.69) is 0 Å². The normalized spacial score (nSPS) is 9.78. The lowest BCUT2D eigenvalue weighted by Gasteiger charge is -2.17. The fourth-order valence-electron chi connectivity index (χ4n) is 2.04. The zero-order chi connectivity index (χ0) is 16.7. The van der Waals surface area contributed by atoms with Gasteiger partial charge in [-0.15, -0.1) is 0 Å². The van der Waals surface area contributed by atoms with Crippen LogP contribution in [0.2, 0.25) is 0 Å². The van der Waals surface area contributed by atoms with E-state index in [0.29, 0.717) is 29.4 Å². The van der Waals surface area contributed by atoms with Gasteiger partial charge in [-0.1, -0.05) is 24.3 Å². The SMILES string of the molecule is CCOc1ccccc1Oc1ccccc1C(=O)N(C)CC#N. The minimum Gasteiger partial charge on any atom is -0.490 e. The van der Waals surface area contributed by atoms with Gasteiger partial charge >= 0.3 is 0 Å². The average Bonchev–Trinajstić information content (AvgIpc) is 2.57. The summed E-state index contributed by atoms with van der Waals surface area (Å²) < 4.78 is 11.4. The van der Waals surface area contributed by atoms with E-state index in [4.69, 9.17) is 14.7 Å². The molecule has 2 rings (SSSR count). The topological polar surface area (TPSA) is 62.6 Å². The van der Waals surface area contributed by atoms with Crippen molar-refractivity contribution in [2.24, 2.45) is 0 Å². The van der Waals surface area contributed by atoms with Crippen LogP contribution in [0.1, 0.15) is 17.3 Å². The van der Waals surface area contributed by atoms with Crippen molar-refractivity contribution in [3.05, 3.63) is 54.1 Å². The Bertz CT molecular complexity index is 722. The van der Waals surface area contributed by atoms with E-state index >= 15 is 0 Å². The van der Waals surface area contributed by atoms with Crippen molar-refractivity contribution in [1.29, 1.82) is 5.26 Å². The summed E-state index contributed by atoms with van der Waals surface area (Å²) in [5, 5.41) is 8.74. The van der Waals surface area contributed by atoms with Crippen LogP contribution in [0.3, 0.4) is 0 Å². The van der Waals surface area contributed by atoms with E-state index in [-0.39, 0.29) is 12.5 Å². The molecule has 118 valence electrons. The molecule has 0 heterocycles. The van der Waals surface area contributed by atoms with Gasteiger partial charge in [0.15, 0.2) is 11.5 Å². The van der Waals surface area contributed by atoms with Crippen molar-refractivity contribution >= 4 is 5.91 Å². The van der Waals surface area contributed by atoms with Crippen LogP contribution < -0.4 is 9.47 Å². The van der Waals surface area contributed by atoms with Crippen LogP contribution in [0.15, 0.2) is 48.5 Å². The summed E-state index contributed by atoms with van der Waals surface area (Å²) in [6.07, 6.45) is 0. The van der Waals surface area contributed by atoms with Crippen molar-refractivity contribution in [3.63, 3.8) is 0 Å². The van der Waals surface area contributed by atoms with E-state index in [1.807, 2.05) is 31.2 Å². The first-order valence-corrected chi connectivity index (χ1v) is 7.28. The molecule has 0 saturated carbocycles. The fraction of sp³-hybridized carbons (Fsp3) is 0.222. The summed E-state index contributed by atoms with van der Waals surface area (Å²) >= 11 is 0. The van der Waals surface area contributed by atoms with E-state index in [0.717, 1.165) is 0 Å². The highest BCUT2D eigenvalue weighted by Crippen LogP contribution is 2.33. The maximum atomic E-state index is 12.4. The Morgan fingerprint density at radius 1 is 1.09 bits per heavy atom. The van der Waals surface area contributed by atoms with Gasteiger partial charge in [0.25, 0.3) is 5.91 Å². The number of ether oxygens (including phenoxy) is 2. The van der Waals surface area contributed by atoms with E-state index < -0.39 is 0 Å². The van der Waals surface area contributed by atoms with Gasteiger partial charge in [0, 0.05) is 7.05 Å². The van der Waals surface area contributed by atoms with Crippen LogP contribution in [0.4, 0.5) is 0 Å². The number of nitrogens with zero attached hydrogens (tertiary/aromatic N) is 2. The number of rotatable bonds is 6. The summed E-state index contributed by atoms with van der Waals surface area (Å²) in [5.41, 5.74) is 0.400. The van der Waals surface area contributed by atoms with Crippen molar-refractivity contribution in [3.8, 4) is 23.3 Å². The van der Waals surface area contributed by atoms with Gasteiger partial charge in [-0.3, -0.25) is 4.79 Å². The summed E-state index contributed by atoms with van der Waals surface area (Å²) in [6, 6.07) is 16.2. The Morgan fingerprint density at radius 2 is 1.70 bits per heavy atom. The Kier molecular flexibility index (Phi) is 5.59. The second kappa shape index (κ2) is 7.85. The Balaban J connectivity index is 2.32. The highest BCUT2D eigenvalue weighted by Gasteiger charge is 2.17. The van der Waals surface area contributed by atoms with Crippen molar-refractivity contribution in [2.75, 3.05) is 20.2 Å². The molecule has 0 atom stereocenters. The minimum atomic E-state index is -0.268. The highest BCUT2D eigenvalue weighted by atomic mass is 16.5. The van der Waals surface area contributed by atoms with Crippen molar-refractivity contribution in [1.82, 2.24) is 4.90 Å². The molecule has 0 radical (unpaired) electrons. The van der Waals surface area contributed by atoms with Crippen molar-refractivity contribution in [2.45, 2.75) is 6.92 Å². The number of hydrogen-bond acceptors (Lipinski definition) is 4. The Hall–Kier alpha value is -3.00. The Labute approximate surface area is 135 Å². The summed E-state index contributed by atoms with van der Waals surface area (Å²) in [5.74, 6) is 1.31. The van der Waals surface area contributed by atoms with Gasteiger partial charge in [0.05, 0.1) is 18.2 Å². The number of benzene rings is 2. The van der Waals surface area contributed by atoms with Crippen molar-refractivity contribution < 1.29 is 14.3 Å². The number of hydrogen-bond donors (Lipinski definition) is 0. The van der Waals surface area contributed by atoms with Crippen LogP contribution in [0.25, 0.3) is 0 Å². The van der Waals surface area contributed by atoms with E-state index in [1.165, 1.54) is 4.90 Å². The number of carbonyl (C=O) groups excluding carboxylic acids is 1. The lowest BCUT2D eigenvalue weighted by Crippen LogP contribution is -2.27. The van der Waals surface area contributed by atoms with Gasteiger partial charge in [-0.2, -0.15) is 5.26 Å².